The van der Waals surface area contributed by atoms with Crippen molar-refractivity contribution < 1.29 is 9.90 Å². The van der Waals surface area contributed by atoms with Crippen LogP contribution in [-0.4, -0.2) is 33.9 Å². The van der Waals surface area contributed by atoms with Crippen LogP contribution in [-0.2, 0) is 4.79 Å². The maximum absolute atomic E-state index is 10.8. The summed E-state index contributed by atoms with van der Waals surface area (Å²) in [5.74, 6) is -0.814. The molecule has 0 aliphatic carbocycles. The van der Waals surface area contributed by atoms with Gasteiger partial charge in [-0.25, -0.2) is 0 Å². The van der Waals surface area contributed by atoms with Crippen LogP contribution >= 0.6 is 23.2 Å². The van der Waals surface area contributed by atoms with Gasteiger partial charge < -0.3 is 10.0 Å². The van der Waals surface area contributed by atoms with Crippen LogP contribution in [0.1, 0.15) is 19.3 Å². The van der Waals surface area contributed by atoms with Gasteiger partial charge in [0, 0.05) is 18.7 Å². The first-order valence-corrected chi connectivity index (χ1v) is 6.00. The van der Waals surface area contributed by atoms with Crippen LogP contribution in [0.5, 0.6) is 0 Å². The van der Waals surface area contributed by atoms with Gasteiger partial charge in [-0.15, -0.1) is 10.2 Å². The second-order valence-corrected chi connectivity index (χ2v) is 4.68. The van der Waals surface area contributed by atoms with Gasteiger partial charge in [-0.1, -0.05) is 23.2 Å². The zero-order valence-electron chi connectivity index (χ0n) is 8.94. The molecule has 1 aromatic rings. The third-order valence-electron chi connectivity index (χ3n) is 2.80. The van der Waals surface area contributed by atoms with E-state index in [2.05, 4.69) is 10.2 Å². The number of hydrogen-bond acceptors (Lipinski definition) is 4. The number of hydrogen-bond donors (Lipinski definition) is 1. The molecule has 1 aliphatic heterocycles. The summed E-state index contributed by atoms with van der Waals surface area (Å²) < 4.78 is 0. The summed E-state index contributed by atoms with van der Waals surface area (Å²) in [6, 6.07) is 1.57. The molecule has 1 fully saturated rings. The number of aromatic nitrogens is 2. The number of aliphatic carboxylic acids is 1. The van der Waals surface area contributed by atoms with Crippen molar-refractivity contribution in [1.82, 2.24) is 10.2 Å². The summed E-state index contributed by atoms with van der Waals surface area (Å²) in [6.45, 7) is 0.764. The third kappa shape index (κ3) is 2.79. The molecule has 0 spiro atoms. The van der Waals surface area contributed by atoms with E-state index in [-0.39, 0.29) is 22.8 Å². The summed E-state index contributed by atoms with van der Waals surface area (Å²) in [7, 11) is 0. The Bertz CT molecular complexity index is 442. The second-order valence-electron chi connectivity index (χ2n) is 3.93. The molecule has 5 nitrogen and oxygen atoms in total. The van der Waals surface area contributed by atoms with Crippen molar-refractivity contribution >= 4 is 34.9 Å². The monoisotopic (exact) mass is 275 g/mol. The van der Waals surface area contributed by atoms with E-state index in [1.807, 2.05) is 4.90 Å². The van der Waals surface area contributed by atoms with Crippen molar-refractivity contribution in [3.63, 3.8) is 0 Å². The Morgan fingerprint density at radius 2 is 2.29 bits per heavy atom. The van der Waals surface area contributed by atoms with E-state index in [4.69, 9.17) is 28.3 Å². The number of carboxylic acids is 1. The van der Waals surface area contributed by atoms with Crippen LogP contribution in [0.25, 0.3) is 0 Å². The first kappa shape index (κ1) is 12.4. The van der Waals surface area contributed by atoms with Crippen molar-refractivity contribution in [3.8, 4) is 0 Å². The summed E-state index contributed by atoms with van der Waals surface area (Å²) in [5, 5.41) is 16.7. The Hall–Kier alpha value is -1.07. The van der Waals surface area contributed by atoms with Gasteiger partial charge in [0.1, 0.15) is 0 Å². The van der Waals surface area contributed by atoms with Crippen LogP contribution < -0.4 is 4.90 Å². The lowest BCUT2D eigenvalue weighted by Crippen LogP contribution is -2.31. The highest BCUT2D eigenvalue weighted by molar-refractivity contribution is 6.33. The maximum atomic E-state index is 10.8. The summed E-state index contributed by atoms with van der Waals surface area (Å²) in [4.78, 5) is 12.7. The van der Waals surface area contributed by atoms with Crippen LogP contribution in [0.3, 0.4) is 0 Å². The maximum Gasteiger partial charge on any atom is 0.305 e. The van der Waals surface area contributed by atoms with Crippen LogP contribution in [0.4, 0.5) is 5.69 Å². The lowest BCUT2D eigenvalue weighted by Gasteiger charge is -2.25. The number of carboxylic acid groups (broad SMARTS) is 1. The fourth-order valence-corrected chi connectivity index (χ4v) is 2.45. The lowest BCUT2D eigenvalue weighted by atomic mass is 10.1. The highest BCUT2D eigenvalue weighted by Crippen LogP contribution is 2.32. The van der Waals surface area contributed by atoms with Gasteiger partial charge in [-0.05, 0) is 12.8 Å². The predicted octanol–water partition coefficient (Wildman–Crippen LogP) is 2.23. The van der Waals surface area contributed by atoms with E-state index in [9.17, 15) is 4.79 Å². The summed E-state index contributed by atoms with van der Waals surface area (Å²) in [5.41, 5.74) is 0.662. The van der Waals surface area contributed by atoms with Crippen molar-refractivity contribution in [2.45, 2.75) is 25.3 Å². The summed E-state index contributed by atoms with van der Waals surface area (Å²) in [6.07, 6.45) is 1.87. The molecule has 0 bridgehead atoms. The van der Waals surface area contributed by atoms with Crippen molar-refractivity contribution in [2.75, 3.05) is 11.4 Å². The molecule has 1 unspecified atom stereocenters. The van der Waals surface area contributed by atoms with E-state index < -0.39 is 5.97 Å². The van der Waals surface area contributed by atoms with Crippen molar-refractivity contribution in [3.05, 3.63) is 16.4 Å². The molecule has 2 rings (SSSR count). The minimum atomic E-state index is -0.814. The Kier molecular flexibility index (Phi) is 3.69. The molecule has 0 aromatic carbocycles. The quantitative estimate of drug-likeness (QED) is 0.916. The molecule has 1 saturated heterocycles. The van der Waals surface area contributed by atoms with E-state index in [1.54, 1.807) is 6.07 Å². The first-order chi connectivity index (χ1) is 8.08. The first-order valence-electron chi connectivity index (χ1n) is 5.25. The zero-order chi connectivity index (χ0) is 12.4. The van der Waals surface area contributed by atoms with Crippen molar-refractivity contribution in [1.29, 1.82) is 0 Å². The van der Waals surface area contributed by atoms with Crippen LogP contribution in [0.15, 0.2) is 6.07 Å². The van der Waals surface area contributed by atoms with Gasteiger partial charge in [-0.3, -0.25) is 4.79 Å². The minimum Gasteiger partial charge on any atom is -0.481 e. The molecule has 1 aliphatic rings. The standard InChI is InChI=1S/C10H11Cl2N3O2/c11-8-5-7(10(12)14-13-8)15-3-1-2-6(15)4-9(16)17/h5-6H,1-4H2,(H,16,17). The number of nitrogens with zero attached hydrogens (tertiary/aromatic N) is 3. The summed E-state index contributed by atoms with van der Waals surface area (Å²) >= 11 is 11.7. The van der Waals surface area contributed by atoms with Crippen LogP contribution in [0.2, 0.25) is 10.3 Å². The molecular weight excluding hydrogens is 265 g/mol. The Labute approximate surface area is 108 Å². The number of rotatable bonds is 3. The minimum absolute atomic E-state index is 0.0507. The fraction of sp³-hybridized carbons (Fsp3) is 0.500. The fourth-order valence-electron chi connectivity index (χ4n) is 2.11. The van der Waals surface area contributed by atoms with Gasteiger partial charge in [0.15, 0.2) is 10.3 Å². The second kappa shape index (κ2) is 5.06. The Morgan fingerprint density at radius 1 is 1.53 bits per heavy atom. The number of carbonyl (C=O) groups is 1. The largest absolute Gasteiger partial charge is 0.481 e. The molecule has 0 saturated carbocycles. The molecular formula is C10H11Cl2N3O2. The van der Waals surface area contributed by atoms with E-state index in [0.29, 0.717) is 5.69 Å². The van der Waals surface area contributed by atoms with Gasteiger partial charge in [0.2, 0.25) is 0 Å². The number of halogens is 2. The third-order valence-corrected chi connectivity index (χ3v) is 3.25. The lowest BCUT2D eigenvalue weighted by molar-refractivity contribution is -0.137. The molecule has 1 aromatic heterocycles. The molecule has 2 heterocycles. The Balaban J connectivity index is 2.25. The zero-order valence-corrected chi connectivity index (χ0v) is 10.4. The highest BCUT2D eigenvalue weighted by atomic mass is 35.5. The van der Waals surface area contributed by atoms with Gasteiger partial charge in [-0.2, -0.15) is 0 Å². The van der Waals surface area contributed by atoms with E-state index in [0.717, 1.165) is 19.4 Å². The molecule has 7 heteroatoms. The van der Waals surface area contributed by atoms with Gasteiger partial charge in [0.25, 0.3) is 0 Å². The molecule has 17 heavy (non-hydrogen) atoms. The SMILES string of the molecule is O=C(O)CC1CCCN1c1cc(Cl)nnc1Cl. The Morgan fingerprint density at radius 3 is 3.00 bits per heavy atom. The van der Waals surface area contributed by atoms with Crippen molar-refractivity contribution in [2.24, 2.45) is 0 Å². The normalized spacial score (nSPS) is 19.6. The molecule has 92 valence electrons. The van der Waals surface area contributed by atoms with E-state index in [1.165, 1.54) is 0 Å². The smallest absolute Gasteiger partial charge is 0.305 e. The van der Waals surface area contributed by atoms with Crippen LogP contribution in [0, 0.1) is 0 Å². The predicted molar refractivity (Wildman–Crippen MR) is 64.7 cm³/mol. The molecule has 0 radical (unpaired) electrons. The number of anilines is 1. The molecule has 0 amide bonds. The average Bonchev–Trinajstić information content (AvgIpc) is 2.69. The molecule has 1 atom stereocenters. The van der Waals surface area contributed by atoms with E-state index >= 15 is 0 Å². The topological polar surface area (TPSA) is 66.3 Å². The van der Waals surface area contributed by atoms with Gasteiger partial charge >= 0.3 is 5.97 Å². The molecule has 1 N–H and O–H groups in total. The average molecular weight is 276 g/mol. The van der Waals surface area contributed by atoms with Gasteiger partial charge in [0.05, 0.1) is 12.1 Å². The highest BCUT2D eigenvalue weighted by Gasteiger charge is 2.28.